The maximum atomic E-state index is 12.1. The third-order valence-corrected chi connectivity index (χ3v) is 4.61. The molecular formula is C8H12ClN2O3P. The number of alkyl halides is 1. The van der Waals surface area contributed by atoms with Crippen molar-refractivity contribution in [2.75, 3.05) is 19.1 Å². The van der Waals surface area contributed by atoms with E-state index in [0.717, 1.165) is 0 Å². The van der Waals surface area contributed by atoms with Gasteiger partial charge in [0.15, 0.2) is 0 Å². The summed E-state index contributed by atoms with van der Waals surface area (Å²) >= 11 is 5.77. The van der Waals surface area contributed by atoms with Crippen molar-refractivity contribution in [3.8, 4) is 0 Å². The first-order valence-corrected chi connectivity index (χ1v) is 6.55. The first kappa shape index (κ1) is 11.1. The lowest BCUT2D eigenvalue weighted by atomic mass is 9.96. The van der Waals surface area contributed by atoms with Gasteiger partial charge in [-0.05, 0) is 0 Å². The van der Waals surface area contributed by atoms with Crippen LogP contribution in [-0.4, -0.2) is 28.4 Å². The molecule has 0 aromatic carbocycles. The maximum Gasteiger partial charge on any atom is 0.440 e. The summed E-state index contributed by atoms with van der Waals surface area (Å²) in [6.07, 6.45) is 4.51. The summed E-state index contributed by atoms with van der Waals surface area (Å²) < 4.78 is 24.1. The molecule has 0 amide bonds. The fraction of sp³-hybridized carbons (Fsp3) is 0.625. The van der Waals surface area contributed by atoms with E-state index in [1.54, 1.807) is 6.20 Å². The molecule has 0 N–H and O–H groups in total. The average Bonchev–Trinajstić information content (AvgIpc) is 2.77. The molecule has 0 spiro atoms. The molecule has 1 aliphatic rings. The monoisotopic (exact) mass is 250 g/mol. The Morgan fingerprint density at radius 2 is 2.27 bits per heavy atom. The zero-order valence-electron chi connectivity index (χ0n) is 8.30. The zero-order chi connectivity index (χ0) is 10.9. The van der Waals surface area contributed by atoms with Crippen LogP contribution in [0.1, 0.15) is 6.92 Å². The van der Waals surface area contributed by atoms with Crippen LogP contribution in [0, 0.1) is 5.41 Å². The highest BCUT2D eigenvalue weighted by molar-refractivity contribution is 7.52. The number of hydrogen-bond donors (Lipinski definition) is 0. The van der Waals surface area contributed by atoms with E-state index >= 15 is 0 Å². The number of hydrogen-bond acceptors (Lipinski definition) is 4. The third-order valence-electron chi connectivity index (χ3n) is 2.25. The number of nitrogens with zero attached hydrogens (tertiary/aromatic N) is 2. The lowest BCUT2D eigenvalue weighted by Crippen LogP contribution is -2.35. The molecule has 1 aromatic rings. The van der Waals surface area contributed by atoms with Gasteiger partial charge in [-0.2, -0.15) is 0 Å². The molecule has 0 radical (unpaired) electrons. The Kier molecular flexibility index (Phi) is 2.90. The summed E-state index contributed by atoms with van der Waals surface area (Å²) in [5.41, 5.74) is -0.268. The quantitative estimate of drug-likeness (QED) is 0.596. The van der Waals surface area contributed by atoms with Crippen molar-refractivity contribution in [2.24, 2.45) is 5.41 Å². The third kappa shape index (κ3) is 2.11. The molecule has 7 heteroatoms. The molecular weight excluding hydrogens is 239 g/mol. The number of halogens is 1. The molecule has 1 saturated heterocycles. The molecule has 0 saturated carbocycles. The van der Waals surface area contributed by atoms with E-state index in [9.17, 15) is 4.57 Å². The van der Waals surface area contributed by atoms with Gasteiger partial charge in [-0.1, -0.05) is 6.92 Å². The molecule has 0 aliphatic carbocycles. The molecule has 1 aliphatic heterocycles. The van der Waals surface area contributed by atoms with Crippen molar-refractivity contribution < 1.29 is 13.6 Å². The van der Waals surface area contributed by atoms with Crippen molar-refractivity contribution in [3.05, 3.63) is 18.7 Å². The van der Waals surface area contributed by atoms with Gasteiger partial charge in [0, 0.05) is 23.7 Å². The van der Waals surface area contributed by atoms with E-state index in [1.807, 2.05) is 6.92 Å². The van der Waals surface area contributed by atoms with Gasteiger partial charge in [0.1, 0.15) is 6.33 Å². The maximum absolute atomic E-state index is 12.1. The Labute approximate surface area is 92.9 Å². The highest BCUT2D eigenvalue weighted by atomic mass is 35.5. The van der Waals surface area contributed by atoms with Gasteiger partial charge in [-0.25, -0.2) is 13.9 Å². The van der Waals surface area contributed by atoms with E-state index in [0.29, 0.717) is 19.1 Å². The van der Waals surface area contributed by atoms with Crippen molar-refractivity contribution >= 4 is 19.3 Å². The molecule has 1 fully saturated rings. The molecule has 2 rings (SSSR count). The molecule has 2 heterocycles. The smallest absolute Gasteiger partial charge is 0.291 e. The summed E-state index contributed by atoms with van der Waals surface area (Å²) in [6, 6.07) is 0. The second kappa shape index (κ2) is 3.91. The van der Waals surface area contributed by atoms with Crippen LogP contribution in [0.3, 0.4) is 0 Å². The van der Waals surface area contributed by atoms with Gasteiger partial charge in [0.25, 0.3) is 0 Å². The molecule has 5 nitrogen and oxygen atoms in total. The first-order valence-electron chi connectivity index (χ1n) is 4.52. The highest BCUT2D eigenvalue weighted by Crippen LogP contribution is 2.54. The van der Waals surface area contributed by atoms with Crippen LogP contribution < -0.4 is 0 Å². The average molecular weight is 251 g/mol. The summed E-state index contributed by atoms with van der Waals surface area (Å²) in [6.45, 7) is 2.58. The Balaban J connectivity index is 2.13. The second-order valence-corrected chi connectivity index (χ2v) is 6.09. The van der Waals surface area contributed by atoms with E-state index in [2.05, 4.69) is 4.98 Å². The van der Waals surface area contributed by atoms with Crippen LogP contribution in [0.15, 0.2) is 18.7 Å². The van der Waals surface area contributed by atoms with Crippen LogP contribution in [0.4, 0.5) is 0 Å². The van der Waals surface area contributed by atoms with E-state index in [1.165, 1.54) is 16.9 Å². The number of imidazole rings is 1. The first-order chi connectivity index (χ1) is 7.08. The van der Waals surface area contributed by atoms with E-state index < -0.39 is 7.75 Å². The van der Waals surface area contributed by atoms with E-state index in [4.69, 9.17) is 20.6 Å². The molecule has 0 unspecified atom stereocenters. The van der Waals surface area contributed by atoms with Gasteiger partial charge in [-0.15, -0.1) is 11.6 Å². The van der Waals surface area contributed by atoms with E-state index in [-0.39, 0.29) is 5.41 Å². The van der Waals surface area contributed by atoms with Crippen LogP contribution in [0.25, 0.3) is 0 Å². The van der Waals surface area contributed by atoms with Gasteiger partial charge in [-0.3, -0.25) is 9.05 Å². The fourth-order valence-corrected chi connectivity index (χ4v) is 3.02. The molecule has 0 atom stereocenters. The molecule has 84 valence electrons. The second-order valence-electron chi connectivity index (χ2n) is 3.90. The number of aromatic nitrogens is 2. The summed E-state index contributed by atoms with van der Waals surface area (Å²) in [5, 5.41) is 0. The van der Waals surface area contributed by atoms with Gasteiger partial charge < -0.3 is 0 Å². The predicted octanol–water partition coefficient (Wildman–Crippen LogP) is 2.13. The van der Waals surface area contributed by atoms with Crippen LogP contribution in [0.2, 0.25) is 0 Å². The van der Waals surface area contributed by atoms with Gasteiger partial charge >= 0.3 is 7.75 Å². The van der Waals surface area contributed by atoms with Gasteiger partial charge in [0.2, 0.25) is 0 Å². The minimum atomic E-state index is -3.22. The fourth-order valence-electron chi connectivity index (χ4n) is 1.16. The van der Waals surface area contributed by atoms with Crippen LogP contribution in [0.5, 0.6) is 0 Å². The number of rotatable bonds is 2. The van der Waals surface area contributed by atoms with Crippen molar-refractivity contribution in [2.45, 2.75) is 6.92 Å². The Morgan fingerprint density at radius 1 is 1.60 bits per heavy atom. The van der Waals surface area contributed by atoms with Crippen molar-refractivity contribution in [3.63, 3.8) is 0 Å². The summed E-state index contributed by atoms with van der Waals surface area (Å²) in [7, 11) is -3.22. The molecule has 0 bridgehead atoms. The zero-order valence-corrected chi connectivity index (χ0v) is 9.95. The molecule has 1 aromatic heterocycles. The minimum absolute atomic E-state index is 0.268. The highest BCUT2D eigenvalue weighted by Gasteiger charge is 2.40. The van der Waals surface area contributed by atoms with Crippen molar-refractivity contribution in [1.29, 1.82) is 0 Å². The van der Waals surface area contributed by atoms with Crippen LogP contribution in [-0.2, 0) is 13.6 Å². The molecule has 15 heavy (non-hydrogen) atoms. The largest absolute Gasteiger partial charge is 0.440 e. The van der Waals surface area contributed by atoms with Gasteiger partial charge in [0.05, 0.1) is 13.2 Å². The topological polar surface area (TPSA) is 53.4 Å². The minimum Gasteiger partial charge on any atom is -0.291 e. The summed E-state index contributed by atoms with van der Waals surface area (Å²) in [4.78, 5) is 3.80. The lowest BCUT2D eigenvalue weighted by Gasteiger charge is -2.35. The Hall–Kier alpha value is -0.350. The predicted molar refractivity (Wildman–Crippen MR) is 56.0 cm³/mol. The summed E-state index contributed by atoms with van der Waals surface area (Å²) in [5.74, 6) is 0.414. The SMILES string of the molecule is CC1(CCl)COP(=O)(n2ccnc2)OC1. The standard InChI is InChI=1S/C8H12ClN2O3P/c1-8(4-9)5-13-15(12,14-6-8)11-3-2-10-7-11/h2-3,7H,4-6H2,1H3. The van der Waals surface area contributed by atoms with Crippen molar-refractivity contribution in [1.82, 2.24) is 9.32 Å². The Morgan fingerprint density at radius 3 is 2.73 bits per heavy atom. The lowest BCUT2D eigenvalue weighted by molar-refractivity contribution is 0.0400. The van der Waals surface area contributed by atoms with Crippen LogP contribution >= 0.6 is 19.3 Å². The Bertz CT molecular complexity index is 369. The normalized spacial score (nSPS) is 36.7.